The van der Waals surface area contributed by atoms with Gasteiger partial charge in [0.25, 0.3) is 0 Å². The van der Waals surface area contributed by atoms with Crippen molar-refractivity contribution in [3.63, 3.8) is 0 Å². The van der Waals surface area contributed by atoms with E-state index < -0.39 is 0 Å². The first-order chi connectivity index (χ1) is 6.75. The van der Waals surface area contributed by atoms with E-state index in [0.29, 0.717) is 0 Å². The second-order valence-electron chi connectivity index (χ2n) is 4.88. The lowest BCUT2D eigenvalue weighted by Crippen LogP contribution is -2.16. The van der Waals surface area contributed by atoms with Crippen LogP contribution >= 0.6 is 0 Å². The highest BCUT2D eigenvalue weighted by atomic mass is 14.6. The summed E-state index contributed by atoms with van der Waals surface area (Å²) in [6.07, 6.45) is 9.23. The molecule has 0 aromatic carbocycles. The van der Waals surface area contributed by atoms with Crippen molar-refractivity contribution >= 4 is 0 Å². The maximum atomic E-state index is 4.21. The van der Waals surface area contributed by atoms with Crippen molar-refractivity contribution < 1.29 is 0 Å². The molecule has 0 saturated carbocycles. The highest BCUT2D eigenvalue weighted by molar-refractivity contribution is 5.26. The molecule has 1 unspecified atom stereocenters. The molecule has 76 valence electrons. The second-order valence-corrected chi connectivity index (χ2v) is 4.88. The minimum Gasteiger partial charge on any atom is -0.264 e. The maximum absolute atomic E-state index is 4.21. The topological polar surface area (TPSA) is 12.9 Å². The molecule has 0 fully saturated rings. The Kier molecular flexibility index (Phi) is 2.85. The van der Waals surface area contributed by atoms with Crippen LogP contribution in [0.4, 0.5) is 0 Å². The SMILES string of the molecule is CC(C)CC1CCc2ccncc2C1. The highest BCUT2D eigenvalue weighted by Gasteiger charge is 2.18. The highest BCUT2D eigenvalue weighted by Crippen LogP contribution is 2.28. The molecule has 1 aliphatic carbocycles. The van der Waals surface area contributed by atoms with Crippen molar-refractivity contribution in [3.05, 3.63) is 29.6 Å². The lowest BCUT2D eigenvalue weighted by molar-refractivity contribution is 0.369. The summed E-state index contributed by atoms with van der Waals surface area (Å²) in [5.41, 5.74) is 3.02. The van der Waals surface area contributed by atoms with Gasteiger partial charge in [0, 0.05) is 12.4 Å². The molecule has 14 heavy (non-hydrogen) atoms. The Morgan fingerprint density at radius 2 is 2.29 bits per heavy atom. The molecular weight excluding hydrogens is 170 g/mol. The Morgan fingerprint density at radius 3 is 3.07 bits per heavy atom. The third-order valence-corrected chi connectivity index (χ3v) is 3.14. The molecule has 1 aliphatic rings. The van der Waals surface area contributed by atoms with Crippen LogP contribution in [0, 0.1) is 11.8 Å². The fourth-order valence-electron chi connectivity index (χ4n) is 2.52. The quantitative estimate of drug-likeness (QED) is 0.696. The van der Waals surface area contributed by atoms with Gasteiger partial charge in [0.2, 0.25) is 0 Å². The van der Waals surface area contributed by atoms with Crippen molar-refractivity contribution in [2.24, 2.45) is 11.8 Å². The predicted octanol–water partition coefficient (Wildman–Crippen LogP) is 3.23. The Balaban J connectivity index is 2.06. The van der Waals surface area contributed by atoms with Gasteiger partial charge in [-0.25, -0.2) is 0 Å². The normalized spacial score (nSPS) is 20.9. The molecule has 0 saturated heterocycles. The predicted molar refractivity (Wildman–Crippen MR) is 59.2 cm³/mol. The van der Waals surface area contributed by atoms with Crippen LogP contribution in [0.15, 0.2) is 18.5 Å². The summed E-state index contributed by atoms with van der Waals surface area (Å²) in [7, 11) is 0. The number of nitrogens with zero attached hydrogens (tertiary/aromatic N) is 1. The molecule has 0 amide bonds. The Morgan fingerprint density at radius 1 is 1.43 bits per heavy atom. The summed E-state index contributed by atoms with van der Waals surface area (Å²) < 4.78 is 0. The van der Waals surface area contributed by atoms with Gasteiger partial charge in [-0.2, -0.15) is 0 Å². The van der Waals surface area contributed by atoms with Crippen LogP contribution in [0.1, 0.15) is 37.8 Å². The monoisotopic (exact) mass is 189 g/mol. The van der Waals surface area contributed by atoms with Gasteiger partial charge in [-0.1, -0.05) is 13.8 Å². The van der Waals surface area contributed by atoms with Gasteiger partial charge in [-0.3, -0.25) is 4.98 Å². The standard InChI is InChI=1S/C13H19N/c1-10(2)7-11-3-4-12-5-6-14-9-13(12)8-11/h5-6,9-11H,3-4,7-8H2,1-2H3. The smallest absolute Gasteiger partial charge is 0.0302 e. The molecule has 0 N–H and O–H groups in total. The van der Waals surface area contributed by atoms with E-state index in [4.69, 9.17) is 0 Å². The fraction of sp³-hybridized carbons (Fsp3) is 0.615. The van der Waals surface area contributed by atoms with E-state index in [0.717, 1.165) is 11.8 Å². The summed E-state index contributed by atoms with van der Waals surface area (Å²) in [5.74, 6) is 1.73. The Bertz CT molecular complexity index is 304. The van der Waals surface area contributed by atoms with Crippen LogP contribution in [0.25, 0.3) is 0 Å². The number of aryl methyl sites for hydroxylation is 1. The molecule has 1 heteroatoms. The largest absolute Gasteiger partial charge is 0.264 e. The summed E-state index contributed by atoms with van der Waals surface area (Å²) in [5, 5.41) is 0. The first-order valence-corrected chi connectivity index (χ1v) is 5.67. The molecule has 2 rings (SSSR count). The van der Waals surface area contributed by atoms with Crippen molar-refractivity contribution in [1.82, 2.24) is 4.98 Å². The summed E-state index contributed by atoms with van der Waals surface area (Å²) in [6, 6.07) is 2.18. The number of pyridine rings is 1. The zero-order chi connectivity index (χ0) is 9.97. The number of aromatic nitrogens is 1. The zero-order valence-corrected chi connectivity index (χ0v) is 9.16. The van der Waals surface area contributed by atoms with Crippen molar-refractivity contribution in [1.29, 1.82) is 0 Å². The van der Waals surface area contributed by atoms with Crippen molar-refractivity contribution in [2.75, 3.05) is 0 Å². The average molecular weight is 189 g/mol. The fourth-order valence-corrected chi connectivity index (χ4v) is 2.52. The first-order valence-electron chi connectivity index (χ1n) is 5.67. The van der Waals surface area contributed by atoms with E-state index in [1.54, 1.807) is 0 Å². The van der Waals surface area contributed by atoms with Crippen LogP contribution in [0.2, 0.25) is 0 Å². The van der Waals surface area contributed by atoms with Gasteiger partial charge >= 0.3 is 0 Å². The second kappa shape index (κ2) is 4.12. The van der Waals surface area contributed by atoms with Crippen LogP contribution in [0.5, 0.6) is 0 Å². The van der Waals surface area contributed by atoms with Crippen molar-refractivity contribution in [3.8, 4) is 0 Å². The molecule has 0 radical (unpaired) electrons. The number of rotatable bonds is 2. The van der Waals surface area contributed by atoms with E-state index in [2.05, 4.69) is 31.1 Å². The van der Waals surface area contributed by atoms with Crippen LogP contribution < -0.4 is 0 Å². The summed E-state index contributed by atoms with van der Waals surface area (Å²) in [6.45, 7) is 4.64. The molecule has 1 heterocycles. The van der Waals surface area contributed by atoms with Crippen LogP contribution in [-0.4, -0.2) is 4.98 Å². The molecular formula is C13H19N. The van der Waals surface area contributed by atoms with Gasteiger partial charge in [-0.05, 0) is 54.7 Å². The molecule has 1 aromatic rings. The van der Waals surface area contributed by atoms with E-state index in [1.807, 2.05) is 6.20 Å². The minimum absolute atomic E-state index is 0.832. The third kappa shape index (κ3) is 2.14. The zero-order valence-electron chi connectivity index (χ0n) is 9.16. The van der Waals surface area contributed by atoms with E-state index in [1.165, 1.54) is 36.8 Å². The Hall–Kier alpha value is -0.850. The van der Waals surface area contributed by atoms with Crippen molar-refractivity contribution in [2.45, 2.75) is 39.5 Å². The Labute approximate surface area is 86.6 Å². The number of hydrogen-bond acceptors (Lipinski definition) is 1. The summed E-state index contributed by atoms with van der Waals surface area (Å²) in [4.78, 5) is 4.21. The minimum atomic E-state index is 0.832. The molecule has 0 bridgehead atoms. The first kappa shape index (κ1) is 9.70. The molecule has 1 nitrogen and oxygen atoms in total. The number of hydrogen-bond donors (Lipinski definition) is 0. The average Bonchev–Trinajstić information content (AvgIpc) is 2.17. The molecule has 0 spiro atoms. The van der Waals surface area contributed by atoms with E-state index in [-0.39, 0.29) is 0 Å². The van der Waals surface area contributed by atoms with Gasteiger partial charge in [-0.15, -0.1) is 0 Å². The van der Waals surface area contributed by atoms with Crippen LogP contribution in [0.3, 0.4) is 0 Å². The van der Waals surface area contributed by atoms with Gasteiger partial charge in [0.1, 0.15) is 0 Å². The molecule has 1 aromatic heterocycles. The van der Waals surface area contributed by atoms with E-state index in [9.17, 15) is 0 Å². The lowest BCUT2D eigenvalue weighted by Gasteiger charge is -2.25. The number of fused-ring (bicyclic) bond motifs is 1. The molecule has 1 atom stereocenters. The van der Waals surface area contributed by atoms with Gasteiger partial charge in [0.05, 0.1) is 0 Å². The molecule has 0 aliphatic heterocycles. The van der Waals surface area contributed by atoms with Crippen LogP contribution in [-0.2, 0) is 12.8 Å². The maximum Gasteiger partial charge on any atom is 0.0302 e. The van der Waals surface area contributed by atoms with E-state index >= 15 is 0 Å². The lowest BCUT2D eigenvalue weighted by atomic mass is 9.81. The van der Waals surface area contributed by atoms with Gasteiger partial charge < -0.3 is 0 Å². The summed E-state index contributed by atoms with van der Waals surface area (Å²) >= 11 is 0. The third-order valence-electron chi connectivity index (χ3n) is 3.14. The van der Waals surface area contributed by atoms with Gasteiger partial charge in [0.15, 0.2) is 0 Å².